The van der Waals surface area contributed by atoms with E-state index in [9.17, 15) is 14.4 Å². The summed E-state index contributed by atoms with van der Waals surface area (Å²) >= 11 is 0. The molecule has 0 aliphatic heterocycles. The third-order valence-electron chi connectivity index (χ3n) is 4.06. The van der Waals surface area contributed by atoms with Crippen molar-refractivity contribution >= 4 is 23.6 Å². The maximum atomic E-state index is 12.3. The molecule has 2 aromatic rings. The van der Waals surface area contributed by atoms with E-state index in [0.29, 0.717) is 18.0 Å². The Morgan fingerprint density at radius 2 is 1.58 bits per heavy atom. The molecule has 0 heterocycles. The molecule has 0 atom stereocenters. The molecule has 0 bridgehead atoms. The number of hydrogen-bond donors (Lipinski definition) is 3. The molecule has 3 amide bonds. The van der Waals surface area contributed by atoms with Gasteiger partial charge >= 0.3 is 6.09 Å². The molecule has 0 saturated heterocycles. The predicted octanol–water partition coefficient (Wildman–Crippen LogP) is 3.02. The van der Waals surface area contributed by atoms with Crippen LogP contribution in [0.5, 0.6) is 5.75 Å². The minimum atomic E-state index is -0.643. The minimum Gasteiger partial charge on any atom is -0.496 e. The number of anilines is 1. The molecular weight excluding hydrogens is 398 g/mol. The number of methoxy groups -OCH3 is 1. The molecule has 8 nitrogen and oxygen atoms in total. The quantitative estimate of drug-likeness (QED) is 0.601. The number of nitrogens with one attached hydrogen (secondary N) is 3. The van der Waals surface area contributed by atoms with Crippen LogP contribution in [0.1, 0.15) is 31.9 Å². The van der Waals surface area contributed by atoms with E-state index in [-0.39, 0.29) is 24.8 Å². The van der Waals surface area contributed by atoms with Crippen LogP contribution in [0.2, 0.25) is 0 Å². The van der Waals surface area contributed by atoms with Crippen LogP contribution in [0.4, 0.5) is 10.5 Å². The number of ether oxygens (including phenoxy) is 2. The number of rotatable bonds is 8. The number of benzene rings is 2. The van der Waals surface area contributed by atoms with Gasteiger partial charge in [-0.05, 0) is 44.5 Å². The molecule has 0 unspecified atom stereocenters. The second-order valence-electron chi connectivity index (χ2n) is 7.87. The molecule has 2 rings (SSSR count). The average Bonchev–Trinajstić information content (AvgIpc) is 2.71. The van der Waals surface area contributed by atoms with Gasteiger partial charge in [-0.15, -0.1) is 0 Å². The van der Waals surface area contributed by atoms with Gasteiger partial charge in [-0.2, -0.15) is 0 Å². The van der Waals surface area contributed by atoms with Crippen LogP contribution < -0.4 is 20.7 Å². The highest BCUT2D eigenvalue weighted by Gasteiger charge is 2.16. The highest BCUT2D eigenvalue weighted by atomic mass is 16.6. The summed E-state index contributed by atoms with van der Waals surface area (Å²) in [5, 5.41) is 7.96. The summed E-state index contributed by atoms with van der Waals surface area (Å²) in [4.78, 5) is 35.7. The van der Waals surface area contributed by atoms with Gasteiger partial charge in [0.2, 0.25) is 11.8 Å². The third-order valence-corrected chi connectivity index (χ3v) is 4.06. The lowest BCUT2D eigenvalue weighted by Crippen LogP contribution is -2.39. The molecule has 2 aromatic carbocycles. The normalized spacial score (nSPS) is 10.7. The largest absolute Gasteiger partial charge is 0.496 e. The third kappa shape index (κ3) is 8.77. The molecule has 0 fully saturated rings. The Hall–Kier alpha value is -3.55. The number of amides is 3. The standard InChI is InChI=1S/C23H29N3O5/c1-23(2,3)31-22(29)25-15-21(28)24-14-16-9-11-18(12-10-16)26-20(27)13-17-7-5-6-8-19(17)30-4/h5-12H,13-15H2,1-4H3,(H,24,28)(H,25,29)(H,26,27). The van der Waals surface area contributed by atoms with Gasteiger partial charge in [0.15, 0.2) is 0 Å². The number of hydrogen-bond acceptors (Lipinski definition) is 5. The van der Waals surface area contributed by atoms with E-state index < -0.39 is 11.7 Å². The van der Waals surface area contributed by atoms with Gasteiger partial charge in [0.25, 0.3) is 0 Å². The Morgan fingerprint density at radius 1 is 0.903 bits per heavy atom. The van der Waals surface area contributed by atoms with Crippen molar-refractivity contribution in [1.82, 2.24) is 10.6 Å². The fourth-order valence-electron chi connectivity index (χ4n) is 2.66. The SMILES string of the molecule is COc1ccccc1CC(=O)Nc1ccc(CNC(=O)CNC(=O)OC(C)(C)C)cc1. The zero-order chi connectivity index (χ0) is 22.9. The van der Waals surface area contributed by atoms with E-state index in [1.807, 2.05) is 24.3 Å². The molecule has 0 aliphatic rings. The van der Waals surface area contributed by atoms with Gasteiger partial charge in [-0.1, -0.05) is 30.3 Å². The summed E-state index contributed by atoms with van der Waals surface area (Å²) in [5.74, 6) is 0.184. The zero-order valence-corrected chi connectivity index (χ0v) is 18.3. The second kappa shape index (κ2) is 11.0. The average molecular weight is 428 g/mol. The van der Waals surface area contributed by atoms with Gasteiger partial charge in [0, 0.05) is 17.8 Å². The molecule has 0 radical (unpaired) electrons. The summed E-state index contributed by atoms with van der Waals surface area (Å²) < 4.78 is 10.3. The Balaban J connectivity index is 1.77. The Morgan fingerprint density at radius 3 is 2.23 bits per heavy atom. The Kier molecular flexibility index (Phi) is 8.43. The lowest BCUT2D eigenvalue weighted by Gasteiger charge is -2.19. The van der Waals surface area contributed by atoms with E-state index >= 15 is 0 Å². The van der Waals surface area contributed by atoms with Crippen molar-refractivity contribution < 1.29 is 23.9 Å². The summed E-state index contributed by atoms with van der Waals surface area (Å²) in [6, 6.07) is 14.5. The zero-order valence-electron chi connectivity index (χ0n) is 18.3. The Bertz CT molecular complexity index is 904. The summed E-state index contributed by atoms with van der Waals surface area (Å²) in [5.41, 5.74) is 1.70. The molecule has 0 aliphatic carbocycles. The monoisotopic (exact) mass is 427 g/mol. The van der Waals surface area contributed by atoms with Crippen molar-refractivity contribution in [1.29, 1.82) is 0 Å². The first-order valence-electron chi connectivity index (χ1n) is 9.90. The number of alkyl carbamates (subject to hydrolysis) is 1. The van der Waals surface area contributed by atoms with Crippen molar-refractivity contribution in [2.24, 2.45) is 0 Å². The van der Waals surface area contributed by atoms with Crippen molar-refractivity contribution in [3.63, 3.8) is 0 Å². The first kappa shape index (κ1) is 23.7. The molecule has 31 heavy (non-hydrogen) atoms. The number of carbonyl (C=O) groups is 3. The van der Waals surface area contributed by atoms with Crippen LogP contribution in [0.3, 0.4) is 0 Å². The van der Waals surface area contributed by atoms with Crippen LogP contribution in [-0.4, -0.2) is 37.2 Å². The van der Waals surface area contributed by atoms with Gasteiger partial charge in [0.05, 0.1) is 13.5 Å². The molecule has 8 heteroatoms. The van der Waals surface area contributed by atoms with Crippen LogP contribution in [0.25, 0.3) is 0 Å². The van der Waals surface area contributed by atoms with Gasteiger partial charge < -0.3 is 25.4 Å². The van der Waals surface area contributed by atoms with E-state index in [2.05, 4.69) is 16.0 Å². The smallest absolute Gasteiger partial charge is 0.408 e. The number of para-hydroxylation sites is 1. The molecule has 0 spiro atoms. The topological polar surface area (TPSA) is 106 Å². The lowest BCUT2D eigenvalue weighted by atomic mass is 10.1. The minimum absolute atomic E-state index is 0.154. The molecule has 0 aromatic heterocycles. The van der Waals surface area contributed by atoms with Crippen LogP contribution >= 0.6 is 0 Å². The van der Waals surface area contributed by atoms with E-state index in [1.54, 1.807) is 52.1 Å². The van der Waals surface area contributed by atoms with Gasteiger partial charge in [0.1, 0.15) is 17.9 Å². The maximum absolute atomic E-state index is 12.3. The van der Waals surface area contributed by atoms with Crippen LogP contribution in [0, 0.1) is 0 Å². The molecule has 0 saturated carbocycles. The van der Waals surface area contributed by atoms with Crippen molar-refractivity contribution in [3.05, 3.63) is 59.7 Å². The van der Waals surface area contributed by atoms with Gasteiger partial charge in [-0.25, -0.2) is 4.79 Å². The molecular formula is C23H29N3O5. The van der Waals surface area contributed by atoms with E-state index in [1.165, 1.54) is 0 Å². The fourth-order valence-corrected chi connectivity index (χ4v) is 2.66. The second-order valence-corrected chi connectivity index (χ2v) is 7.87. The molecule has 166 valence electrons. The highest BCUT2D eigenvalue weighted by molar-refractivity contribution is 5.92. The van der Waals surface area contributed by atoms with Crippen LogP contribution in [-0.2, 0) is 27.3 Å². The highest BCUT2D eigenvalue weighted by Crippen LogP contribution is 2.18. The lowest BCUT2D eigenvalue weighted by molar-refractivity contribution is -0.120. The Labute approximate surface area is 182 Å². The summed E-state index contributed by atoms with van der Waals surface area (Å²) in [6.07, 6.45) is -0.442. The summed E-state index contributed by atoms with van der Waals surface area (Å²) in [7, 11) is 1.57. The van der Waals surface area contributed by atoms with Crippen molar-refractivity contribution in [2.75, 3.05) is 19.0 Å². The molecule has 3 N–H and O–H groups in total. The van der Waals surface area contributed by atoms with Crippen molar-refractivity contribution in [2.45, 2.75) is 39.3 Å². The summed E-state index contributed by atoms with van der Waals surface area (Å²) in [6.45, 7) is 5.36. The predicted molar refractivity (Wildman–Crippen MR) is 118 cm³/mol. The van der Waals surface area contributed by atoms with Gasteiger partial charge in [-0.3, -0.25) is 9.59 Å². The van der Waals surface area contributed by atoms with E-state index in [4.69, 9.17) is 9.47 Å². The van der Waals surface area contributed by atoms with Crippen molar-refractivity contribution in [3.8, 4) is 5.75 Å². The van der Waals surface area contributed by atoms with E-state index in [0.717, 1.165) is 11.1 Å². The first-order chi connectivity index (χ1) is 14.7. The number of carbonyl (C=O) groups excluding carboxylic acids is 3. The fraction of sp³-hybridized carbons (Fsp3) is 0.348. The van der Waals surface area contributed by atoms with Crippen LogP contribution in [0.15, 0.2) is 48.5 Å². The first-order valence-corrected chi connectivity index (χ1v) is 9.90. The maximum Gasteiger partial charge on any atom is 0.408 e.